The summed E-state index contributed by atoms with van der Waals surface area (Å²) in [6.45, 7) is 1.88. The lowest BCUT2D eigenvalue weighted by molar-refractivity contribution is -0.140. The van der Waals surface area contributed by atoms with Gasteiger partial charge in [-0.2, -0.15) is 13.2 Å². The third-order valence-electron chi connectivity index (χ3n) is 6.04. The molecular formula is C25H20F4N4O3. The van der Waals surface area contributed by atoms with Gasteiger partial charge in [0.05, 0.1) is 13.2 Å². The van der Waals surface area contributed by atoms with Crippen LogP contribution in [0.15, 0.2) is 46.9 Å². The number of fused-ring (bicyclic) bond motifs is 2. The number of nitrogens with zero attached hydrogens (tertiary/aromatic N) is 3. The molecule has 0 saturated heterocycles. The molecule has 2 aromatic heterocycles. The van der Waals surface area contributed by atoms with Crippen LogP contribution >= 0.6 is 0 Å². The minimum absolute atomic E-state index is 0.0113. The molecule has 11 heteroatoms. The Labute approximate surface area is 202 Å². The second kappa shape index (κ2) is 8.59. The molecule has 186 valence electrons. The van der Waals surface area contributed by atoms with Gasteiger partial charge in [0.1, 0.15) is 22.8 Å². The monoisotopic (exact) mass is 500 g/mol. The van der Waals surface area contributed by atoms with Crippen LogP contribution in [0.25, 0.3) is 22.4 Å². The molecule has 0 radical (unpaired) electrons. The van der Waals surface area contributed by atoms with Gasteiger partial charge in [-0.15, -0.1) is 0 Å². The third kappa shape index (κ3) is 3.95. The van der Waals surface area contributed by atoms with E-state index in [0.717, 1.165) is 6.07 Å². The Balaban J connectivity index is 1.59. The number of ether oxygens (including phenoxy) is 1. The number of halogens is 4. The SMILES string of the molecule is COc1ccc(-c2nc(C(=O)N3Cc4cccc(F)c4C3)c([C@H](C)N)o2)c2ccc(C(F)(F)F)nc12. The third-order valence-corrected chi connectivity index (χ3v) is 6.04. The van der Waals surface area contributed by atoms with Crippen molar-refractivity contribution in [3.8, 4) is 17.2 Å². The van der Waals surface area contributed by atoms with Crippen molar-refractivity contribution in [2.45, 2.75) is 32.2 Å². The maximum Gasteiger partial charge on any atom is 0.433 e. The number of hydrogen-bond acceptors (Lipinski definition) is 6. The minimum Gasteiger partial charge on any atom is -0.494 e. The van der Waals surface area contributed by atoms with E-state index in [-0.39, 0.29) is 47.1 Å². The first-order chi connectivity index (χ1) is 17.1. The number of nitrogens with two attached hydrogens (primary N) is 1. The molecule has 0 aliphatic carbocycles. The number of hydrogen-bond donors (Lipinski definition) is 1. The molecule has 7 nitrogen and oxygen atoms in total. The number of alkyl halides is 3. The molecule has 3 heterocycles. The topological polar surface area (TPSA) is 94.5 Å². The zero-order valence-electron chi connectivity index (χ0n) is 19.2. The quantitative estimate of drug-likeness (QED) is 0.386. The van der Waals surface area contributed by atoms with E-state index < -0.39 is 29.6 Å². The van der Waals surface area contributed by atoms with Crippen LogP contribution in [0.1, 0.15) is 46.0 Å². The fourth-order valence-electron chi connectivity index (χ4n) is 4.28. The highest BCUT2D eigenvalue weighted by molar-refractivity contribution is 5.98. The van der Waals surface area contributed by atoms with E-state index in [1.54, 1.807) is 25.1 Å². The van der Waals surface area contributed by atoms with E-state index >= 15 is 0 Å². The van der Waals surface area contributed by atoms with Crippen LogP contribution < -0.4 is 10.5 Å². The normalized spacial score (nSPS) is 14.2. The molecule has 0 spiro atoms. The summed E-state index contributed by atoms with van der Waals surface area (Å²) < 4.78 is 65.1. The smallest absolute Gasteiger partial charge is 0.433 e. The second-order valence-corrected chi connectivity index (χ2v) is 8.47. The maximum absolute atomic E-state index is 14.2. The molecule has 1 aliphatic heterocycles. The van der Waals surface area contributed by atoms with E-state index in [1.807, 2.05) is 0 Å². The number of methoxy groups -OCH3 is 1. The van der Waals surface area contributed by atoms with E-state index in [1.165, 1.54) is 30.2 Å². The van der Waals surface area contributed by atoms with Crippen molar-refractivity contribution in [2.24, 2.45) is 5.73 Å². The number of pyridine rings is 1. The number of oxazole rings is 1. The first-order valence-electron chi connectivity index (χ1n) is 11.0. The van der Waals surface area contributed by atoms with Gasteiger partial charge in [-0.1, -0.05) is 12.1 Å². The summed E-state index contributed by atoms with van der Waals surface area (Å²) in [6.07, 6.45) is -4.65. The molecule has 2 aromatic carbocycles. The lowest BCUT2D eigenvalue weighted by Crippen LogP contribution is -2.27. The Morgan fingerprint density at radius 2 is 1.92 bits per heavy atom. The molecule has 0 unspecified atom stereocenters. The molecule has 0 fully saturated rings. The summed E-state index contributed by atoms with van der Waals surface area (Å²) in [7, 11) is 1.32. The van der Waals surface area contributed by atoms with Gasteiger partial charge in [0.2, 0.25) is 5.89 Å². The fourth-order valence-corrected chi connectivity index (χ4v) is 4.28. The van der Waals surface area contributed by atoms with E-state index in [9.17, 15) is 22.4 Å². The molecule has 0 saturated carbocycles. The molecular weight excluding hydrogens is 480 g/mol. The highest BCUT2D eigenvalue weighted by Crippen LogP contribution is 2.38. The number of carbonyl (C=O) groups is 1. The van der Waals surface area contributed by atoms with Gasteiger partial charge in [0, 0.05) is 29.6 Å². The van der Waals surface area contributed by atoms with Crippen molar-refractivity contribution >= 4 is 16.8 Å². The summed E-state index contributed by atoms with van der Waals surface area (Å²) in [5.41, 5.74) is 6.33. The lowest BCUT2D eigenvalue weighted by Gasteiger charge is -2.14. The standard InChI is InChI=1S/C25H20F4N4O3/c1-12(30)22-21(24(34)33-10-13-4-3-5-17(26)16(13)11-33)32-23(36-22)15-6-8-18(35-2)20-14(15)7-9-19(31-20)25(27,28)29/h3-9,12H,10-11,30H2,1-2H3/t12-/m0/s1. The zero-order chi connectivity index (χ0) is 25.8. The molecule has 5 rings (SSSR count). The van der Waals surface area contributed by atoms with Crippen molar-refractivity contribution < 1.29 is 31.5 Å². The van der Waals surface area contributed by atoms with Gasteiger partial charge in [-0.3, -0.25) is 4.79 Å². The Morgan fingerprint density at radius 3 is 2.58 bits per heavy atom. The van der Waals surface area contributed by atoms with E-state index in [2.05, 4.69) is 9.97 Å². The summed E-state index contributed by atoms with van der Waals surface area (Å²) >= 11 is 0. The largest absolute Gasteiger partial charge is 0.494 e. The molecule has 4 aromatic rings. The lowest BCUT2D eigenvalue weighted by atomic mass is 10.1. The minimum atomic E-state index is -4.65. The number of amides is 1. The Bertz CT molecular complexity index is 1500. The highest BCUT2D eigenvalue weighted by Gasteiger charge is 2.34. The summed E-state index contributed by atoms with van der Waals surface area (Å²) in [5.74, 6) is -0.667. The van der Waals surface area contributed by atoms with Gasteiger partial charge in [0.15, 0.2) is 11.5 Å². The second-order valence-electron chi connectivity index (χ2n) is 8.47. The summed E-state index contributed by atoms with van der Waals surface area (Å²) in [6, 6.07) is 9.05. The van der Waals surface area contributed by atoms with Crippen LogP contribution in [0.4, 0.5) is 17.6 Å². The van der Waals surface area contributed by atoms with Crippen molar-refractivity contribution in [1.29, 1.82) is 0 Å². The number of benzene rings is 2. The van der Waals surface area contributed by atoms with Crippen LogP contribution in [-0.2, 0) is 19.3 Å². The molecule has 36 heavy (non-hydrogen) atoms. The van der Waals surface area contributed by atoms with Crippen LogP contribution in [0, 0.1) is 5.82 Å². The number of rotatable bonds is 4. The van der Waals surface area contributed by atoms with Crippen LogP contribution in [0.3, 0.4) is 0 Å². The molecule has 2 N–H and O–H groups in total. The van der Waals surface area contributed by atoms with Crippen LogP contribution in [0.2, 0.25) is 0 Å². The molecule has 1 amide bonds. The van der Waals surface area contributed by atoms with Crippen molar-refractivity contribution in [1.82, 2.24) is 14.9 Å². The predicted molar refractivity (Wildman–Crippen MR) is 121 cm³/mol. The Hall–Kier alpha value is -3.99. The van der Waals surface area contributed by atoms with E-state index in [0.29, 0.717) is 16.7 Å². The number of aromatic nitrogens is 2. The Morgan fingerprint density at radius 1 is 1.14 bits per heavy atom. The van der Waals surface area contributed by atoms with Crippen molar-refractivity contribution in [2.75, 3.05) is 7.11 Å². The summed E-state index contributed by atoms with van der Waals surface area (Å²) in [5, 5.41) is 0.287. The molecule has 1 atom stereocenters. The van der Waals surface area contributed by atoms with Gasteiger partial charge >= 0.3 is 6.18 Å². The predicted octanol–water partition coefficient (Wildman–Crippen LogP) is 5.23. The van der Waals surface area contributed by atoms with Gasteiger partial charge in [0.25, 0.3) is 5.91 Å². The molecule has 0 bridgehead atoms. The van der Waals surface area contributed by atoms with Crippen molar-refractivity contribution in [3.05, 3.63) is 76.6 Å². The van der Waals surface area contributed by atoms with E-state index in [4.69, 9.17) is 14.9 Å². The average Bonchev–Trinajstić information content (AvgIpc) is 3.48. The van der Waals surface area contributed by atoms with Crippen molar-refractivity contribution in [3.63, 3.8) is 0 Å². The first-order valence-corrected chi connectivity index (χ1v) is 11.0. The Kier molecular flexibility index (Phi) is 5.67. The van der Waals surface area contributed by atoms with Crippen LogP contribution in [-0.4, -0.2) is 27.9 Å². The van der Waals surface area contributed by atoms with Crippen LogP contribution in [0.5, 0.6) is 5.75 Å². The molecule has 1 aliphatic rings. The van der Waals surface area contributed by atoms with Gasteiger partial charge in [-0.05, 0) is 42.8 Å². The zero-order valence-corrected chi connectivity index (χ0v) is 19.2. The first kappa shape index (κ1) is 23.7. The fraction of sp³-hybridized carbons (Fsp3) is 0.240. The highest BCUT2D eigenvalue weighted by atomic mass is 19.4. The summed E-state index contributed by atoms with van der Waals surface area (Å²) in [4.78, 5) is 22.9. The maximum atomic E-state index is 14.2. The average molecular weight is 500 g/mol. The van der Waals surface area contributed by atoms with Gasteiger partial charge < -0.3 is 19.8 Å². The number of carbonyl (C=O) groups excluding carboxylic acids is 1. The van der Waals surface area contributed by atoms with Gasteiger partial charge in [-0.25, -0.2) is 14.4 Å².